The van der Waals surface area contributed by atoms with E-state index in [0.717, 1.165) is 38.9 Å². The molecule has 7 nitrogen and oxygen atoms in total. The normalized spacial score (nSPS) is 12.1. The molecule has 1 aromatic heterocycles. The predicted molar refractivity (Wildman–Crippen MR) is 138 cm³/mol. The third-order valence-electron chi connectivity index (χ3n) is 5.85. The quantitative estimate of drug-likeness (QED) is 0.329. The first kappa shape index (κ1) is 23.8. The molecule has 1 N–H and O–H groups in total. The Morgan fingerprint density at radius 2 is 1.69 bits per heavy atom. The van der Waals surface area contributed by atoms with Gasteiger partial charge in [-0.05, 0) is 41.0 Å². The number of hydrogen-bond acceptors (Lipinski definition) is 7. The van der Waals surface area contributed by atoms with E-state index >= 15 is 0 Å². The topological polar surface area (TPSA) is 72.9 Å². The summed E-state index contributed by atoms with van der Waals surface area (Å²) in [6.45, 7) is 2.74. The lowest BCUT2D eigenvalue weighted by molar-refractivity contribution is 0.0946. The Balaban J connectivity index is 1.28. The fourth-order valence-electron chi connectivity index (χ4n) is 4.00. The van der Waals surface area contributed by atoms with E-state index in [0.29, 0.717) is 31.9 Å². The van der Waals surface area contributed by atoms with Gasteiger partial charge in [0.05, 0.1) is 13.7 Å². The minimum atomic E-state index is -0.168. The molecule has 36 heavy (non-hydrogen) atoms. The van der Waals surface area contributed by atoms with Gasteiger partial charge in [-0.2, -0.15) is 0 Å². The van der Waals surface area contributed by atoms with Crippen molar-refractivity contribution >= 4 is 17.2 Å². The number of benzene rings is 3. The van der Waals surface area contributed by atoms with Crippen molar-refractivity contribution in [3.05, 3.63) is 106 Å². The van der Waals surface area contributed by atoms with Crippen molar-refractivity contribution in [2.45, 2.75) is 26.2 Å². The van der Waals surface area contributed by atoms with Crippen molar-refractivity contribution < 1.29 is 19.0 Å². The van der Waals surface area contributed by atoms with Crippen molar-refractivity contribution in [2.24, 2.45) is 0 Å². The lowest BCUT2D eigenvalue weighted by Gasteiger charge is -2.22. The van der Waals surface area contributed by atoms with E-state index in [9.17, 15) is 4.79 Å². The van der Waals surface area contributed by atoms with Gasteiger partial charge in [-0.1, -0.05) is 48.5 Å². The summed E-state index contributed by atoms with van der Waals surface area (Å²) in [5, 5.41) is 5.65. The average molecular weight is 502 g/mol. The second-order valence-corrected chi connectivity index (χ2v) is 9.42. The van der Waals surface area contributed by atoms with Crippen molar-refractivity contribution in [1.29, 1.82) is 0 Å². The largest absolute Gasteiger partial charge is 0.497 e. The third-order valence-corrected chi connectivity index (χ3v) is 6.68. The minimum absolute atomic E-state index is 0.168. The highest BCUT2D eigenvalue weighted by Crippen LogP contribution is 2.33. The highest BCUT2D eigenvalue weighted by Gasteiger charge is 2.17. The highest BCUT2D eigenvalue weighted by molar-refractivity contribution is 7.09. The van der Waals surface area contributed by atoms with Crippen LogP contribution in [0.25, 0.3) is 0 Å². The molecule has 4 aromatic rings. The van der Waals surface area contributed by atoms with Crippen molar-refractivity contribution in [2.75, 3.05) is 13.9 Å². The summed E-state index contributed by atoms with van der Waals surface area (Å²) in [4.78, 5) is 19.6. The molecule has 3 aromatic carbocycles. The molecule has 0 atom stereocenters. The summed E-state index contributed by atoms with van der Waals surface area (Å²) < 4.78 is 16.3. The maximum Gasteiger partial charge on any atom is 0.271 e. The molecule has 0 bridgehead atoms. The lowest BCUT2D eigenvalue weighted by atomic mass is 10.1. The lowest BCUT2D eigenvalue weighted by Crippen LogP contribution is -2.24. The van der Waals surface area contributed by atoms with Gasteiger partial charge in [0.2, 0.25) is 6.79 Å². The number of thiazole rings is 1. The Hall–Kier alpha value is -3.88. The number of carbonyl (C=O) groups is 1. The Morgan fingerprint density at radius 1 is 0.944 bits per heavy atom. The van der Waals surface area contributed by atoms with Crippen molar-refractivity contribution in [3.63, 3.8) is 0 Å². The number of methoxy groups -OCH3 is 1. The zero-order chi connectivity index (χ0) is 24.7. The summed E-state index contributed by atoms with van der Waals surface area (Å²) in [5.74, 6) is 2.20. The van der Waals surface area contributed by atoms with E-state index in [1.165, 1.54) is 11.3 Å². The van der Waals surface area contributed by atoms with E-state index in [4.69, 9.17) is 14.2 Å². The fourth-order valence-corrected chi connectivity index (χ4v) is 4.82. The highest BCUT2D eigenvalue weighted by atomic mass is 32.1. The van der Waals surface area contributed by atoms with Gasteiger partial charge in [-0.3, -0.25) is 9.69 Å². The Labute approximate surface area is 214 Å². The van der Waals surface area contributed by atoms with Crippen LogP contribution >= 0.6 is 11.3 Å². The smallest absolute Gasteiger partial charge is 0.271 e. The summed E-state index contributed by atoms with van der Waals surface area (Å²) in [5.41, 5.74) is 3.77. The number of rotatable bonds is 10. The van der Waals surface area contributed by atoms with Crippen LogP contribution in [0.3, 0.4) is 0 Å². The van der Waals surface area contributed by atoms with E-state index in [1.807, 2.05) is 60.0 Å². The second-order valence-electron chi connectivity index (χ2n) is 8.48. The SMILES string of the molecule is COc1ccc(CN(Cc2ccc3c(c2)OCO3)Cc2nc(C(=O)NCc3ccccc3)cs2)cc1. The second kappa shape index (κ2) is 11.2. The van der Waals surface area contributed by atoms with E-state index < -0.39 is 0 Å². The van der Waals surface area contributed by atoms with Gasteiger partial charge < -0.3 is 19.5 Å². The minimum Gasteiger partial charge on any atom is -0.497 e. The molecule has 0 unspecified atom stereocenters. The first-order chi connectivity index (χ1) is 17.7. The Morgan fingerprint density at radius 3 is 2.50 bits per heavy atom. The van der Waals surface area contributed by atoms with Crippen LogP contribution in [-0.4, -0.2) is 29.7 Å². The number of nitrogens with one attached hydrogen (secondary N) is 1. The molecule has 1 aliphatic heterocycles. The maximum absolute atomic E-state index is 12.6. The molecule has 1 amide bonds. The summed E-state index contributed by atoms with van der Waals surface area (Å²) in [7, 11) is 1.66. The van der Waals surface area contributed by atoms with Crippen LogP contribution in [0.5, 0.6) is 17.2 Å². The standard InChI is InChI=1S/C28H27N3O4S/c1-33-23-10-7-21(8-11-23)15-31(16-22-9-12-25-26(13-22)35-19-34-25)17-27-30-24(18-36-27)28(32)29-14-20-5-3-2-4-6-20/h2-13,18H,14-17,19H2,1H3,(H,29,32). The van der Waals surface area contributed by atoms with Gasteiger partial charge in [0, 0.05) is 25.0 Å². The molecule has 1 aliphatic rings. The molecule has 184 valence electrons. The number of fused-ring (bicyclic) bond motifs is 1. The number of amides is 1. The molecule has 0 aliphatic carbocycles. The maximum atomic E-state index is 12.6. The molecule has 2 heterocycles. The summed E-state index contributed by atoms with van der Waals surface area (Å²) >= 11 is 1.50. The number of ether oxygens (including phenoxy) is 3. The van der Waals surface area contributed by atoms with Gasteiger partial charge in [0.15, 0.2) is 11.5 Å². The van der Waals surface area contributed by atoms with Gasteiger partial charge in [0.1, 0.15) is 16.5 Å². The van der Waals surface area contributed by atoms with Gasteiger partial charge >= 0.3 is 0 Å². The van der Waals surface area contributed by atoms with Gasteiger partial charge in [-0.15, -0.1) is 11.3 Å². The molecule has 8 heteroatoms. The van der Waals surface area contributed by atoms with Crippen LogP contribution in [0.4, 0.5) is 0 Å². The van der Waals surface area contributed by atoms with Gasteiger partial charge in [0.25, 0.3) is 5.91 Å². The van der Waals surface area contributed by atoms with Crippen LogP contribution in [-0.2, 0) is 26.2 Å². The third kappa shape index (κ3) is 6.02. The van der Waals surface area contributed by atoms with Crippen LogP contribution in [0.1, 0.15) is 32.2 Å². The van der Waals surface area contributed by atoms with E-state index in [2.05, 4.69) is 33.4 Å². The summed E-state index contributed by atoms with van der Waals surface area (Å²) in [6, 6.07) is 23.9. The molecular formula is C28H27N3O4S. The predicted octanol–water partition coefficient (Wildman–Crippen LogP) is 5.01. The first-order valence-corrected chi connectivity index (χ1v) is 12.5. The molecule has 0 spiro atoms. The number of aromatic nitrogens is 1. The Bertz CT molecular complexity index is 1310. The number of hydrogen-bond donors (Lipinski definition) is 1. The molecule has 0 saturated heterocycles. The first-order valence-electron chi connectivity index (χ1n) is 11.7. The number of carbonyl (C=O) groups excluding carboxylic acids is 1. The molecule has 0 radical (unpaired) electrons. The fraction of sp³-hybridized carbons (Fsp3) is 0.214. The van der Waals surface area contributed by atoms with Gasteiger partial charge in [-0.25, -0.2) is 4.98 Å². The van der Waals surface area contributed by atoms with Crippen molar-refractivity contribution in [1.82, 2.24) is 15.2 Å². The van der Waals surface area contributed by atoms with Crippen LogP contribution in [0, 0.1) is 0 Å². The zero-order valence-electron chi connectivity index (χ0n) is 20.0. The zero-order valence-corrected chi connectivity index (χ0v) is 20.8. The molecule has 5 rings (SSSR count). The number of nitrogens with zero attached hydrogens (tertiary/aromatic N) is 2. The van der Waals surface area contributed by atoms with Crippen LogP contribution in [0.15, 0.2) is 78.2 Å². The van der Waals surface area contributed by atoms with E-state index in [-0.39, 0.29) is 12.7 Å². The molecule has 0 saturated carbocycles. The average Bonchev–Trinajstić information content (AvgIpc) is 3.58. The Kier molecular flexibility index (Phi) is 7.44. The van der Waals surface area contributed by atoms with Crippen LogP contribution in [0.2, 0.25) is 0 Å². The van der Waals surface area contributed by atoms with E-state index in [1.54, 1.807) is 7.11 Å². The molecular weight excluding hydrogens is 474 g/mol. The monoisotopic (exact) mass is 501 g/mol. The summed E-state index contributed by atoms with van der Waals surface area (Å²) in [6.07, 6.45) is 0. The van der Waals surface area contributed by atoms with Crippen LogP contribution < -0.4 is 19.5 Å². The van der Waals surface area contributed by atoms with Crippen molar-refractivity contribution in [3.8, 4) is 17.2 Å². The molecule has 0 fully saturated rings.